The Kier molecular flexibility index (Phi) is 3.26. The first-order chi connectivity index (χ1) is 8.69. The topological polar surface area (TPSA) is 50.9 Å². The second-order valence-electron chi connectivity index (χ2n) is 3.54. The molecule has 4 nitrogen and oxygen atoms in total. The Labute approximate surface area is 104 Å². The van der Waals surface area contributed by atoms with Gasteiger partial charge in [-0.1, -0.05) is 18.2 Å². The molecular formula is C14H9NO3. The molecule has 0 aromatic heterocycles. The Balaban J connectivity index is 2.20. The maximum atomic E-state index is 10.8. The molecule has 1 N–H and O–H groups in total. The predicted octanol–water partition coefficient (Wildman–Crippen LogP) is 3.73. The van der Waals surface area contributed by atoms with Gasteiger partial charge in [0, 0.05) is 0 Å². The number of carboxylic acid groups (broad SMARTS) is 1. The van der Waals surface area contributed by atoms with Gasteiger partial charge in [0.05, 0.1) is 12.1 Å². The molecule has 0 radical (unpaired) electrons. The van der Waals surface area contributed by atoms with Gasteiger partial charge >= 0.3 is 5.97 Å². The summed E-state index contributed by atoms with van der Waals surface area (Å²) in [7, 11) is 0. The standard InChI is InChI=1S/C14H9NO3/c1-15-11-5-7-12(8-6-11)18-13-4-2-3-10(9-13)14(16)17/h2-9H,(H,16,17). The molecule has 0 fully saturated rings. The summed E-state index contributed by atoms with van der Waals surface area (Å²) >= 11 is 0. The molecule has 88 valence electrons. The third-order valence-corrected chi connectivity index (χ3v) is 2.28. The van der Waals surface area contributed by atoms with E-state index in [0.717, 1.165) is 0 Å². The van der Waals surface area contributed by atoms with Crippen LogP contribution in [-0.2, 0) is 0 Å². The highest BCUT2D eigenvalue weighted by Gasteiger charge is 2.04. The van der Waals surface area contributed by atoms with E-state index in [4.69, 9.17) is 16.4 Å². The summed E-state index contributed by atoms with van der Waals surface area (Å²) < 4.78 is 5.50. The Morgan fingerprint density at radius 2 is 1.83 bits per heavy atom. The highest BCUT2D eigenvalue weighted by molar-refractivity contribution is 5.88. The number of carboxylic acids is 1. The fourth-order valence-corrected chi connectivity index (χ4v) is 1.42. The van der Waals surface area contributed by atoms with Crippen molar-refractivity contribution in [2.45, 2.75) is 0 Å². The quantitative estimate of drug-likeness (QED) is 0.830. The van der Waals surface area contributed by atoms with Gasteiger partial charge in [-0.25, -0.2) is 9.64 Å². The summed E-state index contributed by atoms with van der Waals surface area (Å²) in [5.41, 5.74) is 0.701. The number of hydrogen-bond acceptors (Lipinski definition) is 2. The van der Waals surface area contributed by atoms with Crippen LogP contribution < -0.4 is 4.74 Å². The number of ether oxygens (including phenoxy) is 1. The zero-order chi connectivity index (χ0) is 13.0. The first-order valence-corrected chi connectivity index (χ1v) is 5.18. The van der Waals surface area contributed by atoms with Crippen molar-refractivity contribution in [2.24, 2.45) is 0 Å². The first-order valence-electron chi connectivity index (χ1n) is 5.18. The van der Waals surface area contributed by atoms with Crippen LogP contribution in [0.4, 0.5) is 5.69 Å². The van der Waals surface area contributed by atoms with Crippen molar-refractivity contribution in [2.75, 3.05) is 0 Å². The lowest BCUT2D eigenvalue weighted by Gasteiger charge is -2.06. The van der Waals surface area contributed by atoms with Crippen LogP contribution in [0, 0.1) is 6.57 Å². The highest BCUT2D eigenvalue weighted by Crippen LogP contribution is 2.24. The highest BCUT2D eigenvalue weighted by atomic mass is 16.5. The molecule has 0 aliphatic heterocycles. The average molecular weight is 239 g/mol. The van der Waals surface area contributed by atoms with Crippen LogP contribution in [0.25, 0.3) is 4.85 Å². The molecule has 0 saturated carbocycles. The lowest BCUT2D eigenvalue weighted by atomic mass is 10.2. The van der Waals surface area contributed by atoms with Gasteiger partial charge in [-0.3, -0.25) is 0 Å². The zero-order valence-electron chi connectivity index (χ0n) is 9.33. The molecule has 2 aromatic carbocycles. The Bertz CT molecular complexity index is 612. The van der Waals surface area contributed by atoms with E-state index in [1.807, 2.05) is 0 Å². The molecule has 0 heterocycles. The first kappa shape index (κ1) is 11.7. The SMILES string of the molecule is [C-]#[N+]c1ccc(Oc2cccc(C(=O)O)c2)cc1. The molecule has 2 aromatic rings. The molecule has 0 amide bonds. The summed E-state index contributed by atoms with van der Waals surface area (Å²) in [6.45, 7) is 6.83. The van der Waals surface area contributed by atoms with Crippen LogP contribution in [0.5, 0.6) is 11.5 Å². The minimum absolute atomic E-state index is 0.172. The molecule has 0 aliphatic carbocycles. The van der Waals surface area contributed by atoms with Crippen molar-refractivity contribution in [1.29, 1.82) is 0 Å². The summed E-state index contributed by atoms with van der Waals surface area (Å²) in [5, 5.41) is 8.85. The summed E-state index contributed by atoms with van der Waals surface area (Å²) in [5.74, 6) is 0.0132. The molecule has 0 unspecified atom stereocenters. The molecule has 0 spiro atoms. The molecule has 0 saturated heterocycles. The largest absolute Gasteiger partial charge is 0.478 e. The maximum Gasteiger partial charge on any atom is 0.335 e. The Morgan fingerprint density at radius 3 is 2.44 bits per heavy atom. The lowest BCUT2D eigenvalue weighted by molar-refractivity contribution is 0.0696. The van der Waals surface area contributed by atoms with Crippen LogP contribution >= 0.6 is 0 Å². The third-order valence-electron chi connectivity index (χ3n) is 2.28. The van der Waals surface area contributed by atoms with E-state index in [-0.39, 0.29) is 5.56 Å². The van der Waals surface area contributed by atoms with E-state index in [1.54, 1.807) is 36.4 Å². The van der Waals surface area contributed by atoms with Crippen LogP contribution in [0.2, 0.25) is 0 Å². The van der Waals surface area contributed by atoms with Gasteiger partial charge in [-0.15, -0.1) is 0 Å². The fourth-order valence-electron chi connectivity index (χ4n) is 1.42. The molecule has 18 heavy (non-hydrogen) atoms. The number of rotatable bonds is 3. The minimum Gasteiger partial charge on any atom is -0.478 e. The van der Waals surface area contributed by atoms with Crippen LogP contribution in [0.15, 0.2) is 48.5 Å². The zero-order valence-corrected chi connectivity index (χ0v) is 9.33. The van der Waals surface area contributed by atoms with Gasteiger partial charge in [0.25, 0.3) is 0 Å². The van der Waals surface area contributed by atoms with Gasteiger partial charge in [-0.2, -0.15) is 0 Å². The average Bonchev–Trinajstić information content (AvgIpc) is 2.40. The number of carbonyl (C=O) groups is 1. The second-order valence-corrected chi connectivity index (χ2v) is 3.54. The minimum atomic E-state index is -0.996. The normalized spacial score (nSPS) is 9.50. The van der Waals surface area contributed by atoms with E-state index in [9.17, 15) is 4.79 Å². The van der Waals surface area contributed by atoms with E-state index < -0.39 is 5.97 Å². The molecule has 0 atom stereocenters. The lowest BCUT2D eigenvalue weighted by Crippen LogP contribution is -1.95. The molecule has 0 aliphatic rings. The maximum absolute atomic E-state index is 10.8. The number of aromatic carboxylic acids is 1. The monoisotopic (exact) mass is 239 g/mol. The van der Waals surface area contributed by atoms with Crippen molar-refractivity contribution < 1.29 is 14.6 Å². The fraction of sp³-hybridized carbons (Fsp3) is 0. The van der Waals surface area contributed by atoms with Crippen LogP contribution in [0.1, 0.15) is 10.4 Å². The van der Waals surface area contributed by atoms with E-state index in [0.29, 0.717) is 17.2 Å². The molecule has 0 bridgehead atoms. The number of nitrogens with zero attached hydrogens (tertiary/aromatic N) is 1. The van der Waals surface area contributed by atoms with E-state index >= 15 is 0 Å². The van der Waals surface area contributed by atoms with Gasteiger partial charge in [0.15, 0.2) is 5.69 Å². The molecular weight excluding hydrogens is 230 g/mol. The third kappa shape index (κ3) is 2.66. The van der Waals surface area contributed by atoms with Gasteiger partial charge < -0.3 is 9.84 Å². The summed E-state index contributed by atoms with van der Waals surface area (Å²) in [6, 6.07) is 12.9. The Hall–Kier alpha value is -2.80. The van der Waals surface area contributed by atoms with Crippen molar-refractivity contribution in [3.05, 3.63) is 65.5 Å². The van der Waals surface area contributed by atoms with Crippen LogP contribution in [0.3, 0.4) is 0 Å². The molecule has 4 heteroatoms. The summed E-state index contributed by atoms with van der Waals surface area (Å²) in [4.78, 5) is 14.1. The van der Waals surface area contributed by atoms with Gasteiger partial charge in [-0.05, 0) is 30.3 Å². The van der Waals surface area contributed by atoms with Crippen LogP contribution in [-0.4, -0.2) is 11.1 Å². The Morgan fingerprint density at radius 1 is 1.11 bits per heavy atom. The van der Waals surface area contributed by atoms with Gasteiger partial charge in [0.2, 0.25) is 0 Å². The summed E-state index contributed by atoms with van der Waals surface area (Å²) in [6.07, 6.45) is 0. The van der Waals surface area contributed by atoms with Crippen molar-refractivity contribution >= 4 is 11.7 Å². The molecule has 2 rings (SSSR count). The second kappa shape index (κ2) is 5.02. The number of hydrogen-bond donors (Lipinski definition) is 1. The van der Waals surface area contributed by atoms with E-state index in [1.165, 1.54) is 12.1 Å². The van der Waals surface area contributed by atoms with Crippen molar-refractivity contribution in [3.63, 3.8) is 0 Å². The number of benzene rings is 2. The van der Waals surface area contributed by atoms with Gasteiger partial charge in [0.1, 0.15) is 11.5 Å². The van der Waals surface area contributed by atoms with Crippen molar-refractivity contribution in [1.82, 2.24) is 0 Å². The van der Waals surface area contributed by atoms with E-state index in [2.05, 4.69) is 4.85 Å². The van der Waals surface area contributed by atoms with Crippen molar-refractivity contribution in [3.8, 4) is 11.5 Å². The predicted molar refractivity (Wildman–Crippen MR) is 66.2 cm³/mol. The smallest absolute Gasteiger partial charge is 0.335 e.